The molecule has 0 aromatic carbocycles. The van der Waals surface area contributed by atoms with Gasteiger partial charge in [-0.25, -0.2) is 0 Å². The largest absolute Gasteiger partial charge is 0.355 e. The Balaban J connectivity index is 1.55. The average Bonchev–Trinajstić information content (AvgIpc) is 3.18. The van der Waals surface area contributed by atoms with E-state index in [1.54, 1.807) is 0 Å². The molecule has 2 fully saturated rings. The van der Waals surface area contributed by atoms with Crippen molar-refractivity contribution in [2.75, 3.05) is 19.6 Å². The van der Waals surface area contributed by atoms with E-state index in [-0.39, 0.29) is 11.9 Å². The molecule has 0 aromatic rings. The molecule has 4 nitrogen and oxygen atoms in total. The van der Waals surface area contributed by atoms with Crippen molar-refractivity contribution >= 4 is 5.91 Å². The zero-order chi connectivity index (χ0) is 12.3. The zero-order valence-electron chi connectivity index (χ0n) is 10.8. The van der Waals surface area contributed by atoms with Crippen LogP contribution in [0.5, 0.6) is 0 Å². The monoisotopic (exact) mass is 239 g/mol. The molecule has 0 radical (unpaired) electrons. The Labute approximate surface area is 104 Å². The first-order chi connectivity index (χ1) is 8.20. The minimum atomic E-state index is 0.0840. The summed E-state index contributed by atoms with van der Waals surface area (Å²) >= 11 is 0. The van der Waals surface area contributed by atoms with Gasteiger partial charge in [-0.3, -0.25) is 9.69 Å². The van der Waals surface area contributed by atoms with Crippen molar-refractivity contribution in [1.29, 1.82) is 0 Å². The summed E-state index contributed by atoms with van der Waals surface area (Å²) in [6, 6.07) is 0.867. The van der Waals surface area contributed by atoms with Gasteiger partial charge in [0.15, 0.2) is 0 Å². The van der Waals surface area contributed by atoms with E-state index < -0.39 is 0 Å². The molecule has 3 N–H and O–H groups in total. The predicted octanol–water partition coefficient (Wildman–Crippen LogP) is 0.714. The molecule has 0 spiro atoms. The SMILES string of the molecule is CCN(CCNC(=O)CC(N)C1CC1)C1CC1. The van der Waals surface area contributed by atoms with Crippen LogP contribution in [0.15, 0.2) is 0 Å². The summed E-state index contributed by atoms with van der Waals surface area (Å²) in [6.07, 6.45) is 5.57. The fraction of sp³-hybridized carbons (Fsp3) is 0.923. The third-order valence-electron chi connectivity index (χ3n) is 3.84. The van der Waals surface area contributed by atoms with Crippen LogP contribution >= 0.6 is 0 Å². The highest BCUT2D eigenvalue weighted by atomic mass is 16.1. The number of nitrogens with two attached hydrogens (primary N) is 1. The van der Waals surface area contributed by atoms with Gasteiger partial charge in [0.1, 0.15) is 0 Å². The van der Waals surface area contributed by atoms with E-state index in [4.69, 9.17) is 5.73 Å². The quantitative estimate of drug-likeness (QED) is 0.656. The molecule has 98 valence electrons. The smallest absolute Gasteiger partial charge is 0.221 e. The highest BCUT2D eigenvalue weighted by molar-refractivity contribution is 5.76. The lowest BCUT2D eigenvalue weighted by atomic mass is 10.1. The Morgan fingerprint density at radius 1 is 1.41 bits per heavy atom. The Morgan fingerprint density at radius 3 is 2.65 bits per heavy atom. The normalized spacial score (nSPS) is 21.6. The van der Waals surface area contributed by atoms with E-state index in [9.17, 15) is 4.79 Å². The maximum absolute atomic E-state index is 11.6. The van der Waals surface area contributed by atoms with Gasteiger partial charge in [-0.05, 0) is 38.1 Å². The number of carbonyl (C=O) groups is 1. The molecule has 2 saturated carbocycles. The van der Waals surface area contributed by atoms with Crippen molar-refractivity contribution in [3.05, 3.63) is 0 Å². The van der Waals surface area contributed by atoms with E-state index in [2.05, 4.69) is 17.1 Å². The lowest BCUT2D eigenvalue weighted by Gasteiger charge is -2.20. The molecule has 17 heavy (non-hydrogen) atoms. The number of rotatable bonds is 8. The van der Waals surface area contributed by atoms with Crippen LogP contribution in [0.4, 0.5) is 0 Å². The average molecular weight is 239 g/mol. The molecular formula is C13H25N3O. The second kappa shape index (κ2) is 5.83. The number of nitrogens with one attached hydrogen (secondary N) is 1. The zero-order valence-corrected chi connectivity index (χ0v) is 10.8. The molecular weight excluding hydrogens is 214 g/mol. The van der Waals surface area contributed by atoms with Crippen LogP contribution in [-0.2, 0) is 4.79 Å². The summed E-state index contributed by atoms with van der Waals surface area (Å²) in [4.78, 5) is 14.1. The second-order valence-corrected chi connectivity index (χ2v) is 5.42. The maximum atomic E-state index is 11.6. The molecule has 0 saturated heterocycles. The fourth-order valence-corrected chi connectivity index (χ4v) is 2.35. The predicted molar refractivity (Wildman–Crippen MR) is 68.6 cm³/mol. The van der Waals surface area contributed by atoms with E-state index in [1.165, 1.54) is 25.7 Å². The Bertz CT molecular complexity index is 261. The molecule has 1 atom stereocenters. The molecule has 1 unspecified atom stereocenters. The summed E-state index contributed by atoms with van der Waals surface area (Å²) in [6.45, 7) is 5.01. The maximum Gasteiger partial charge on any atom is 0.221 e. The molecule has 2 rings (SSSR count). The van der Waals surface area contributed by atoms with Crippen molar-refractivity contribution in [3.63, 3.8) is 0 Å². The fourth-order valence-electron chi connectivity index (χ4n) is 2.35. The third kappa shape index (κ3) is 4.28. The van der Waals surface area contributed by atoms with Crippen LogP contribution in [0.3, 0.4) is 0 Å². The van der Waals surface area contributed by atoms with E-state index in [0.717, 1.165) is 25.7 Å². The molecule has 0 aromatic heterocycles. The van der Waals surface area contributed by atoms with Crippen molar-refractivity contribution in [3.8, 4) is 0 Å². The van der Waals surface area contributed by atoms with E-state index >= 15 is 0 Å². The number of carbonyl (C=O) groups excluding carboxylic acids is 1. The summed E-state index contributed by atoms with van der Waals surface area (Å²) < 4.78 is 0. The van der Waals surface area contributed by atoms with Crippen molar-refractivity contribution in [1.82, 2.24) is 10.2 Å². The van der Waals surface area contributed by atoms with Crippen molar-refractivity contribution in [2.24, 2.45) is 11.7 Å². The van der Waals surface area contributed by atoms with Gasteiger partial charge in [0.25, 0.3) is 0 Å². The number of nitrogens with zero attached hydrogens (tertiary/aromatic N) is 1. The van der Waals surface area contributed by atoms with Crippen LogP contribution in [0, 0.1) is 5.92 Å². The van der Waals surface area contributed by atoms with Crippen LogP contribution in [0.25, 0.3) is 0 Å². The van der Waals surface area contributed by atoms with Crippen molar-refractivity contribution in [2.45, 2.75) is 51.1 Å². The highest BCUT2D eigenvalue weighted by Crippen LogP contribution is 2.32. The lowest BCUT2D eigenvalue weighted by Crippen LogP contribution is -2.38. The van der Waals surface area contributed by atoms with E-state index in [1.807, 2.05) is 0 Å². The Morgan fingerprint density at radius 2 is 2.12 bits per heavy atom. The van der Waals surface area contributed by atoms with Gasteiger partial charge in [-0.1, -0.05) is 6.92 Å². The summed E-state index contributed by atoms with van der Waals surface area (Å²) in [5, 5.41) is 2.98. The van der Waals surface area contributed by atoms with Gasteiger partial charge in [0, 0.05) is 31.6 Å². The first kappa shape index (κ1) is 12.8. The number of hydrogen-bond acceptors (Lipinski definition) is 3. The standard InChI is InChI=1S/C13H25N3O/c1-2-16(11-5-6-11)8-7-15-13(17)9-12(14)10-3-4-10/h10-12H,2-9,14H2,1H3,(H,15,17). The number of amides is 1. The van der Waals surface area contributed by atoms with Gasteiger partial charge < -0.3 is 11.1 Å². The van der Waals surface area contributed by atoms with Gasteiger partial charge in [0.2, 0.25) is 5.91 Å². The summed E-state index contributed by atoms with van der Waals surface area (Å²) in [7, 11) is 0. The van der Waals surface area contributed by atoms with Crippen LogP contribution in [-0.4, -0.2) is 42.5 Å². The molecule has 2 aliphatic rings. The topological polar surface area (TPSA) is 58.4 Å². The van der Waals surface area contributed by atoms with E-state index in [0.29, 0.717) is 12.3 Å². The van der Waals surface area contributed by atoms with Gasteiger partial charge >= 0.3 is 0 Å². The Hall–Kier alpha value is -0.610. The number of hydrogen-bond donors (Lipinski definition) is 2. The summed E-state index contributed by atoms with van der Waals surface area (Å²) in [5.74, 6) is 0.732. The van der Waals surface area contributed by atoms with Gasteiger partial charge in [-0.15, -0.1) is 0 Å². The molecule has 2 aliphatic carbocycles. The minimum Gasteiger partial charge on any atom is -0.355 e. The molecule has 0 heterocycles. The minimum absolute atomic E-state index is 0.0840. The number of likely N-dealkylation sites (N-methyl/N-ethyl adjacent to an activating group) is 1. The van der Waals surface area contributed by atoms with Crippen LogP contribution in [0.1, 0.15) is 39.0 Å². The molecule has 0 aliphatic heterocycles. The van der Waals surface area contributed by atoms with Crippen molar-refractivity contribution < 1.29 is 4.79 Å². The molecule has 1 amide bonds. The van der Waals surface area contributed by atoms with Gasteiger partial charge in [-0.2, -0.15) is 0 Å². The lowest BCUT2D eigenvalue weighted by molar-refractivity contribution is -0.121. The summed E-state index contributed by atoms with van der Waals surface area (Å²) in [5.41, 5.74) is 5.92. The molecule has 4 heteroatoms. The molecule has 0 bridgehead atoms. The Kier molecular flexibility index (Phi) is 4.40. The third-order valence-corrected chi connectivity index (χ3v) is 3.84. The highest BCUT2D eigenvalue weighted by Gasteiger charge is 2.30. The van der Waals surface area contributed by atoms with Gasteiger partial charge in [0.05, 0.1) is 0 Å². The second-order valence-electron chi connectivity index (χ2n) is 5.42. The first-order valence-electron chi connectivity index (χ1n) is 6.97. The first-order valence-corrected chi connectivity index (χ1v) is 6.97. The van der Waals surface area contributed by atoms with Crippen LogP contribution in [0.2, 0.25) is 0 Å². The van der Waals surface area contributed by atoms with Crippen LogP contribution < -0.4 is 11.1 Å².